The predicted molar refractivity (Wildman–Crippen MR) is 65.1 cm³/mol. The summed E-state index contributed by atoms with van der Waals surface area (Å²) in [6.45, 7) is 2.69. The zero-order valence-corrected chi connectivity index (χ0v) is 9.81. The Morgan fingerprint density at radius 2 is 1.94 bits per heavy atom. The Hall–Kier alpha value is -0.800. The van der Waals surface area contributed by atoms with Crippen LogP contribution in [0.15, 0.2) is 0 Å². The summed E-state index contributed by atoms with van der Waals surface area (Å²) in [5, 5.41) is 3.39. The Labute approximate surface area is 96.8 Å². The highest BCUT2D eigenvalue weighted by Gasteiger charge is 2.25. The van der Waals surface area contributed by atoms with Crippen molar-refractivity contribution in [1.29, 1.82) is 0 Å². The maximum Gasteiger partial charge on any atom is 0.0363 e. The van der Waals surface area contributed by atoms with Crippen LogP contribution in [-0.2, 0) is 19.6 Å². The largest absolute Gasteiger partial charge is 0.360 e. The third-order valence-corrected chi connectivity index (χ3v) is 4.16. The van der Waals surface area contributed by atoms with E-state index in [1.54, 1.807) is 0 Å². The van der Waals surface area contributed by atoms with E-state index in [0.717, 1.165) is 19.0 Å². The molecule has 1 saturated carbocycles. The second kappa shape index (κ2) is 4.22. The van der Waals surface area contributed by atoms with Crippen LogP contribution in [0.3, 0.4) is 0 Å². The van der Waals surface area contributed by atoms with E-state index in [1.165, 1.54) is 54.6 Å². The van der Waals surface area contributed by atoms with E-state index in [-0.39, 0.29) is 0 Å². The highest BCUT2D eigenvalue weighted by atomic mass is 15.0. The maximum absolute atomic E-state index is 5.93. The van der Waals surface area contributed by atoms with Crippen LogP contribution in [-0.4, -0.2) is 4.98 Å². The van der Waals surface area contributed by atoms with Crippen molar-refractivity contribution in [3.63, 3.8) is 0 Å². The molecule has 0 atom stereocenters. The number of aromatic amines is 1. The molecular weight excluding hydrogens is 198 g/mol. The Balaban J connectivity index is 1.93. The Kier molecular flexibility index (Phi) is 2.74. The van der Waals surface area contributed by atoms with Crippen LogP contribution in [0.2, 0.25) is 0 Å². The standard InChI is InChI=1S/C13H21N3/c14-6-10-11-7-15-8-12(11)16-13(10)9-4-2-1-3-5-9/h9,15-16H,1-8,14H2. The van der Waals surface area contributed by atoms with Gasteiger partial charge in [0, 0.05) is 31.0 Å². The number of hydrogen-bond donors (Lipinski definition) is 3. The fourth-order valence-corrected chi connectivity index (χ4v) is 3.31. The van der Waals surface area contributed by atoms with Gasteiger partial charge in [-0.15, -0.1) is 0 Å². The van der Waals surface area contributed by atoms with Gasteiger partial charge in [0.2, 0.25) is 0 Å². The Bertz CT molecular complexity index is 375. The molecule has 88 valence electrons. The van der Waals surface area contributed by atoms with Crippen molar-refractivity contribution in [3.05, 3.63) is 22.5 Å². The van der Waals surface area contributed by atoms with Gasteiger partial charge in [-0.2, -0.15) is 0 Å². The SMILES string of the molecule is NCc1c(C2CCCCC2)[nH]c2c1CNC2. The van der Waals surface area contributed by atoms with Gasteiger partial charge in [-0.3, -0.25) is 0 Å². The smallest absolute Gasteiger partial charge is 0.0363 e. The predicted octanol–water partition coefficient (Wildman–Crippen LogP) is 2.12. The molecule has 0 spiro atoms. The summed E-state index contributed by atoms with van der Waals surface area (Å²) in [5.74, 6) is 0.748. The third kappa shape index (κ3) is 1.59. The van der Waals surface area contributed by atoms with Crippen molar-refractivity contribution >= 4 is 0 Å². The first-order valence-corrected chi connectivity index (χ1v) is 6.53. The molecule has 0 unspecified atom stereocenters. The number of fused-ring (bicyclic) bond motifs is 1. The molecule has 1 aliphatic carbocycles. The molecule has 0 radical (unpaired) electrons. The summed E-state index contributed by atoms with van der Waals surface area (Å²) < 4.78 is 0. The summed E-state index contributed by atoms with van der Waals surface area (Å²) in [6.07, 6.45) is 6.88. The molecule has 0 saturated heterocycles. The Morgan fingerprint density at radius 1 is 1.12 bits per heavy atom. The van der Waals surface area contributed by atoms with Crippen LogP contribution in [0.1, 0.15) is 60.5 Å². The maximum atomic E-state index is 5.93. The van der Waals surface area contributed by atoms with Gasteiger partial charge in [0.15, 0.2) is 0 Å². The average molecular weight is 219 g/mol. The normalized spacial score (nSPS) is 21.3. The zero-order valence-electron chi connectivity index (χ0n) is 9.81. The van der Waals surface area contributed by atoms with E-state index in [1.807, 2.05) is 0 Å². The summed E-state index contributed by atoms with van der Waals surface area (Å²) in [6, 6.07) is 0. The number of rotatable bonds is 2. The van der Waals surface area contributed by atoms with Crippen LogP contribution >= 0.6 is 0 Å². The van der Waals surface area contributed by atoms with Gasteiger partial charge in [0.1, 0.15) is 0 Å². The number of aromatic nitrogens is 1. The molecule has 3 rings (SSSR count). The van der Waals surface area contributed by atoms with Gasteiger partial charge in [-0.05, 0) is 29.9 Å². The number of nitrogens with two attached hydrogens (primary N) is 1. The molecule has 1 aromatic heterocycles. The number of nitrogens with one attached hydrogen (secondary N) is 2. The lowest BCUT2D eigenvalue weighted by Gasteiger charge is -2.22. The average Bonchev–Trinajstić information content (AvgIpc) is 2.89. The zero-order chi connectivity index (χ0) is 11.0. The molecule has 0 amide bonds. The first-order valence-electron chi connectivity index (χ1n) is 6.53. The van der Waals surface area contributed by atoms with Crippen LogP contribution in [0.4, 0.5) is 0 Å². The van der Waals surface area contributed by atoms with Crippen LogP contribution in [0.25, 0.3) is 0 Å². The minimum atomic E-state index is 0.694. The van der Waals surface area contributed by atoms with Gasteiger partial charge < -0.3 is 16.0 Å². The van der Waals surface area contributed by atoms with E-state index in [2.05, 4.69) is 10.3 Å². The van der Waals surface area contributed by atoms with Crippen LogP contribution < -0.4 is 11.1 Å². The van der Waals surface area contributed by atoms with E-state index in [9.17, 15) is 0 Å². The van der Waals surface area contributed by atoms with Gasteiger partial charge >= 0.3 is 0 Å². The van der Waals surface area contributed by atoms with Crippen molar-refractivity contribution < 1.29 is 0 Å². The second-order valence-corrected chi connectivity index (χ2v) is 5.12. The van der Waals surface area contributed by atoms with Crippen LogP contribution in [0, 0.1) is 0 Å². The van der Waals surface area contributed by atoms with Crippen molar-refractivity contribution in [2.75, 3.05) is 0 Å². The number of H-pyrrole nitrogens is 1. The summed E-state index contributed by atoms with van der Waals surface area (Å²) in [7, 11) is 0. The van der Waals surface area contributed by atoms with Gasteiger partial charge in [0.25, 0.3) is 0 Å². The topological polar surface area (TPSA) is 53.8 Å². The van der Waals surface area contributed by atoms with E-state index < -0.39 is 0 Å². The molecule has 2 heterocycles. The second-order valence-electron chi connectivity index (χ2n) is 5.12. The van der Waals surface area contributed by atoms with E-state index >= 15 is 0 Å². The van der Waals surface area contributed by atoms with E-state index in [0.29, 0.717) is 6.54 Å². The molecule has 0 aromatic carbocycles. The first-order chi connectivity index (χ1) is 7.90. The van der Waals surface area contributed by atoms with Gasteiger partial charge in [-0.25, -0.2) is 0 Å². The fraction of sp³-hybridized carbons (Fsp3) is 0.692. The molecule has 4 N–H and O–H groups in total. The minimum Gasteiger partial charge on any atom is -0.360 e. The fourth-order valence-electron chi connectivity index (χ4n) is 3.31. The molecule has 1 aliphatic heterocycles. The lowest BCUT2D eigenvalue weighted by Crippen LogP contribution is -2.12. The molecule has 2 aliphatic rings. The molecule has 3 heteroatoms. The third-order valence-electron chi connectivity index (χ3n) is 4.16. The monoisotopic (exact) mass is 219 g/mol. The summed E-state index contributed by atoms with van der Waals surface area (Å²) in [5.41, 5.74) is 11.7. The molecule has 1 fully saturated rings. The number of hydrogen-bond acceptors (Lipinski definition) is 2. The van der Waals surface area contributed by atoms with Crippen molar-refractivity contribution in [1.82, 2.24) is 10.3 Å². The molecule has 1 aromatic rings. The molecule has 0 bridgehead atoms. The molecular formula is C13H21N3. The van der Waals surface area contributed by atoms with Crippen molar-refractivity contribution in [3.8, 4) is 0 Å². The highest BCUT2D eigenvalue weighted by Crippen LogP contribution is 2.36. The lowest BCUT2D eigenvalue weighted by molar-refractivity contribution is 0.435. The highest BCUT2D eigenvalue weighted by molar-refractivity contribution is 5.41. The summed E-state index contributed by atoms with van der Waals surface area (Å²) in [4.78, 5) is 3.64. The molecule has 3 nitrogen and oxygen atoms in total. The van der Waals surface area contributed by atoms with Crippen molar-refractivity contribution in [2.45, 2.75) is 57.7 Å². The first kappa shape index (κ1) is 10.4. The van der Waals surface area contributed by atoms with Gasteiger partial charge in [-0.1, -0.05) is 19.3 Å². The molecule has 16 heavy (non-hydrogen) atoms. The minimum absolute atomic E-state index is 0.694. The Morgan fingerprint density at radius 3 is 2.69 bits per heavy atom. The quantitative estimate of drug-likeness (QED) is 0.713. The summed E-state index contributed by atoms with van der Waals surface area (Å²) >= 11 is 0. The van der Waals surface area contributed by atoms with Gasteiger partial charge in [0.05, 0.1) is 0 Å². The van der Waals surface area contributed by atoms with E-state index in [4.69, 9.17) is 5.73 Å². The lowest BCUT2D eigenvalue weighted by atomic mass is 9.85. The van der Waals surface area contributed by atoms with Crippen molar-refractivity contribution in [2.24, 2.45) is 5.73 Å². The van der Waals surface area contributed by atoms with Crippen LogP contribution in [0.5, 0.6) is 0 Å².